The van der Waals surface area contributed by atoms with Crippen LogP contribution in [0.4, 0.5) is 0 Å². The lowest BCUT2D eigenvalue weighted by Gasteiger charge is -2.28. The van der Waals surface area contributed by atoms with Crippen molar-refractivity contribution in [2.24, 2.45) is 15.5 Å². The van der Waals surface area contributed by atoms with Gasteiger partial charge in [-0.1, -0.05) is 13.8 Å². The highest BCUT2D eigenvalue weighted by molar-refractivity contribution is 7.16. The van der Waals surface area contributed by atoms with E-state index in [-0.39, 0.29) is 5.41 Å². The first-order chi connectivity index (χ1) is 17.8. The van der Waals surface area contributed by atoms with Crippen LogP contribution in [-0.2, 0) is 0 Å². The summed E-state index contributed by atoms with van der Waals surface area (Å²) in [5.41, 5.74) is 3.94. The third-order valence-electron chi connectivity index (χ3n) is 5.41. The minimum Gasteiger partial charge on any atom is -0.444 e. The molecule has 0 amide bonds. The minimum atomic E-state index is 0.127. The maximum Gasteiger partial charge on any atom is 0.212 e. The average Bonchev–Trinajstić information content (AvgIpc) is 3.67. The van der Waals surface area contributed by atoms with Crippen molar-refractivity contribution in [1.82, 2.24) is 10.7 Å². The molecule has 0 spiro atoms. The van der Waals surface area contributed by atoms with Gasteiger partial charge in [0.2, 0.25) is 5.96 Å². The Bertz CT molecular complexity index is 1410. The second-order valence-corrected chi connectivity index (χ2v) is 12.1. The molecule has 2 N–H and O–H groups in total. The Morgan fingerprint density at radius 2 is 1.49 bits per heavy atom. The Morgan fingerprint density at radius 1 is 0.919 bits per heavy atom. The third kappa shape index (κ3) is 6.84. The summed E-state index contributed by atoms with van der Waals surface area (Å²) in [5, 5.41) is 8.65. The van der Waals surface area contributed by atoms with Crippen LogP contribution in [0.25, 0.3) is 33.4 Å². The molecule has 6 nitrogen and oxygen atoms in total. The fourth-order valence-electron chi connectivity index (χ4n) is 3.43. The van der Waals surface area contributed by atoms with E-state index in [1.807, 2.05) is 60.7 Å². The van der Waals surface area contributed by atoms with Crippen molar-refractivity contribution in [1.29, 1.82) is 0 Å². The smallest absolute Gasteiger partial charge is 0.212 e. The number of thiophene rings is 2. The number of hydrazone groups is 1. The van der Waals surface area contributed by atoms with Crippen LogP contribution in [0.2, 0.25) is 10.4 Å². The zero-order valence-corrected chi connectivity index (χ0v) is 23.3. The number of nitrogens with zero attached hydrogens (tertiary/aromatic N) is 2. The predicted molar refractivity (Wildman–Crippen MR) is 157 cm³/mol. The summed E-state index contributed by atoms with van der Waals surface area (Å²) in [7, 11) is 0. The molecule has 0 aromatic carbocycles. The first-order valence-electron chi connectivity index (χ1n) is 11.5. The van der Waals surface area contributed by atoms with Gasteiger partial charge < -0.3 is 14.2 Å². The maximum atomic E-state index is 5.93. The van der Waals surface area contributed by atoms with E-state index in [9.17, 15) is 0 Å². The van der Waals surface area contributed by atoms with Crippen LogP contribution in [0.5, 0.6) is 0 Å². The van der Waals surface area contributed by atoms with Crippen molar-refractivity contribution in [3.05, 3.63) is 80.9 Å². The van der Waals surface area contributed by atoms with Crippen LogP contribution in [0.1, 0.15) is 23.6 Å². The summed E-state index contributed by atoms with van der Waals surface area (Å²) in [4.78, 5) is 8.70. The summed E-state index contributed by atoms with van der Waals surface area (Å²) in [5.74, 6) is 2.17. The van der Waals surface area contributed by atoms with Gasteiger partial charge in [-0.25, -0.2) is 5.43 Å². The number of halogens is 2. The first kappa shape index (κ1) is 25.6. The molecule has 0 bridgehead atoms. The molecular weight excluding hydrogens is 547 g/mol. The van der Waals surface area contributed by atoms with Gasteiger partial charge in [0.05, 0.1) is 15.5 Å². The molecule has 4 aromatic heterocycles. The van der Waals surface area contributed by atoms with Gasteiger partial charge in [0.15, 0.2) is 10.4 Å². The molecule has 1 aliphatic heterocycles. The zero-order valence-electron chi connectivity index (χ0n) is 20.1. The van der Waals surface area contributed by atoms with Crippen molar-refractivity contribution < 1.29 is 8.83 Å². The van der Waals surface area contributed by atoms with E-state index in [0.29, 0.717) is 16.4 Å². The molecule has 0 aliphatic carbocycles. The standard InChI is InChI=1S/C27H24Cl2N4O2S2/c1-27(2)15-30-26(31-16-27)33-32-17(3-5-18-7-11-22(36-18)20-9-13-24(28)34-20)4-6-19-8-12-23(37-19)21-10-14-25(29)35-21/h3-14H,15-16H2,1-2H3,(H2,30,31,33)/b5-3+,6-4+. The maximum absolute atomic E-state index is 5.93. The molecule has 5 rings (SSSR count). The SMILES string of the molecule is CC1(C)CN=C(NN=C(/C=C/c2ccc(-c3ccc(Cl)o3)s2)/C=C/c2ccc(-c3ccc(Cl)o3)s2)NC1. The lowest BCUT2D eigenvalue weighted by molar-refractivity contribution is 0.358. The van der Waals surface area contributed by atoms with Crippen molar-refractivity contribution in [2.45, 2.75) is 13.8 Å². The summed E-state index contributed by atoms with van der Waals surface area (Å²) in [6.07, 6.45) is 7.96. The number of guanidine groups is 1. The summed E-state index contributed by atoms with van der Waals surface area (Å²) >= 11 is 15.1. The van der Waals surface area contributed by atoms with Crippen molar-refractivity contribution in [2.75, 3.05) is 13.1 Å². The quantitative estimate of drug-likeness (QED) is 0.173. The van der Waals surface area contributed by atoms with Crippen LogP contribution in [-0.4, -0.2) is 24.8 Å². The van der Waals surface area contributed by atoms with E-state index in [2.05, 4.69) is 34.7 Å². The van der Waals surface area contributed by atoms with Gasteiger partial charge in [-0.3, -0.25) is 4.99 Å². The van der Waals surface area contributed by atoms with Gasteiger partial charge >= 0.3 is 0 Å². The summed E-state index contributed by atoms with van der Waals surface area (Å²) < 4.78 is 11.1. The number of aliphatic imine (C=N–C) groups is 1. The molecule has 0 saturated heterocycles. The molecule has 10 heteroatoms. The van der Waals surface area contributed by atoms with Crippen LogP contribution < -0.4 is 10.7 Å². The van der Waals surface area contributed by atoms with Gasteiger partial charge in [0.1, 0.15) is 11.5 Å². The molecular formula is C27H24Cl2N4O2S2. The molecule has 1 aliphatic rings. The van der Waals surface area contributed by atoms with Crippen molar-refractivity contribution in [3.63, 3.8) is 0 Å². The van der Waals surface area contributed by atoms with Gasteiger partial charge in [-0.2, -0.15) is 5.10 Å². The molecule has 0 saturated carbocycles. The zero-order chi connectivity index (χ0) is 25.8. The third-order valence-corrected chi connectivity index (χ3v) is 7.95. The van der Waals surface area contributed by atoms with E-state index >= 15 is 0 Å². The van der Waals surface area contributed by atoms with Gasteiger partial charge in [0.25, 0.3) is 0 Å². The van der Waals surface area contributed by atoms with Crippen LogP contribution in [0, 0.1) is 5.41 Å². The Morgan fingerprint density at radius 3 is 1.95 bits per heavy atom. The monoisotopic (exact) mass is 570 g/mol. The van der Waals surface area contributed by atoms with Gasteiger partial charge in [0, 0.05) is 28.3 Å². The number of hydrogen-bond donors (Lipinski definition) is 2. The van der Waals surface area contributed by atoms with Gasteiger partial charge in [-0.15, -0.1) is 22.7 Å². The molecule has 5 heterocycles. The number of nitrogens with one attached hydrogen (secondary N) is 2. The lowest BCUT2D eigenvalue weighted by atomic mass is 9.93. The van der Waals surface area contributed by atoms with Crippen molar-refractivity contribution >= 4 is 69.7 Å². The van der Waals surface area contributed by atoms with E-state index in [0.717, 1.165) is 49.8 Å². The molecule has 0 unspecified atom stereocenters. The van der Waals surface area contributed by atoms with Gasteiger partial charge in [-0.05, 0) is 96.0 Å². The topological polar surface area (TPSA) is 75.1 Å². The molecule has 190 valence electrons. The Labute approximate surface area is 233 Å². The highest BCUT2D eigenvalue weighted by Crippen LogP contribution is 2.32. The molecule has 0 radical (unpaired) electrons. The van der Waals surface area contributed by atoms with Crippen LogP contribution in [0.3, 0.4) is 0 Å². The highest BCUT2D eigenvalue weighted by atomic mass is 35.5. The average molecular weight is 572 g/mol. The Kier molecular flexibility index (Phi) is 7.71. The number of hydrogen-bond acceptors (Lipinski definition) is 8. The second kappa shape index (κ2) is 11.1. The Balaban J connectivity index is 1.34. The van der Waals surface area contributed by atoms with E-state index in [1.54, 1.807) is 34.8 Å². The molecule has 4 aromatic rings. The molecule has 37 heavy (non-hydrogen) atoms. The predicted octanol–water partition coefficient (Wildman–Crippen LogP) is 8.29. The van der Waals surface area contributed by atoms with E-state index in [1.165, 1.54) is 0 Å². The number of allylic oxidation sites excluding steroid dienone is 2. The second-order valence-electron chi connectivity index (χ2n) is 9.11. The highest BCUT2D eigenvalue weighted by Gasteiger charge is 2.22. The largest absolute Gasteiger partial charge is 0.444 e. The van der Waals surface area contributed by atoms with Crippen LogP contribution in [0.15, 0.2) is 79.6 Å². The summed E-state index contributed by atoms with van der Waals surface area (Å²) in [6.45, 7) is 5.93. The molecule has 0 fully saturated rings. The minimum absolute atomic E-state index is 0.127. The fraction of sp³-hybridized carbons (Fsp3) is 0.185. The normalized spacial score (nSPS) is 15.2. The first-order valence-corrected chi connectivity index (χ1v) is 13.9. The fourth-order valence-corrected chi connectivity index (χ4v) is 5.47. The Hall–Kier alpha value is -3.04. The lowest BCUT2D eigenvalue weighted by Crippen LogP contribution is -2.46. The number of rotatable bonds is 7. The van der Waals surface area contributed by atoms with Crippen molar-refractivity contribution in [3.8, 4) is 21.3 Å². The van der Waals surface area contributed by atoms with Crippen LogP contribution >= 0.6 is 45.9 Å². The summed E-state index contributed by atoms with van der Waals surface area (Å²) in [6, 6.07) is 15.3. The number of furan rings is 2. The van der Waals surface area contributed by atoms with E-state index < -0.39 is 0 Å². The van der Waals surface area contributed by atoms with E-state index in [4.69, 9.17) is 32.0 Å². The molecule has 0 atom stereocenters.